The minimum Gasteiger partial charge on any atom is -0.399 e. The van der Waals surface area contributed by atoms with Gasteiger partial charge in [0.25, 0.3) is 0 Å². The van der Waals surface area contributed by atoms with Crippen LogP contribution in [0.2, 0.25) is 0 Å². The van der Waals surface area contributed by atoms with E-state index in [9.17, 15) is 4.39 Å². The summed E-state index contributed by atoms with van der Waals surface area (Å²) >= 11 is 0. The lowest BCUT2D eigenvalue weighted by Gasteiger charge is -2.34. The molecule has 0 saturated heterocycles. The van der Waals surface area contributed by atoms with E-state index in [0.717, 1.165) is 5.39 Å². The number of para-hydroxylation sites is 1. The van der Waals surface area contributed by atoms with Gasteiger partial charge in [0.05, 0.1) is 22.4 Å². The van der Waals surface area contributed by atoms with E-state index in [-0.39, 0.29) is 16.7 Å². The van der Waals surface area contributed by atoms with E-state index in [1.54, 1.807) is 18.3 Å². The highest BCUT2D eigenvalue weighted by atomic mass is 19.1. The minimum absolute atomic E-state index is 0.0675. The maximum Gasteiger partial charge on any atom is 0.145 e. The van der Waals surface area contributed by atoms with Crippen molar-refractivity contribution in [1.29, 1.82) is 0 Å². The summed E-state index contributed by atoms with van der Waals surface area (Å²) < 4.78 is 30.5. The predicted molar refractivity (Wildman–Crippen MR) is 99.5 cm³/mol. The number of benzene rings is 2. The molecular formula is C20H19F2N3O. The Hall–Kier alpha value is -2.89. The van der Waals surface area contributed by atoms with Gasteiger partial charge in [0.15, 0.2) is 0 Å². The minimum atomic E-state index is -0.638. The number of oxime groups is 1. The summed E-state index contributed by atoms with van der Waals surface area (Å²) in [4.78, 5) is 7.98. The topological polar surface area (TPSA) is 49.4 Å². The summed E-state index contributed by atoms with van der Waals surface area (Å²) in [6, 6.07) is 8.59. The van der Waals surface area contributed by atoms with E-state index < -0.39 is 11.6 Å². The van der Waals surface area contributed by atoms with E-state index in [1.165, 1.54) is 13.2 Å². The smallest absolute Gasteiger partial charge is 0.145 e. The van der Waals surface area contributed by atoms with Crippen molar-refractivity contribution < 1.29 is 13.6 Å². The van der Waals surface area contributed by atoms with Gasteiger partial charge in [0.1, 0.15) is 18.7 Å². The number of rotatable bonds is 2. The van der Waals surface area contributed by atoms with Gasteiger partial charge in [-0.05, 0) is 31.4 Å². The van der Waals surface area contributed by atoms with Gasteiger partial charge in [0, 0.05) is 29.4 Å². The summed E-state index contributed by atoms with van der Waals surface area (Å²) in [6.45, 7) is 3.90. The zero-order chi connectivity index (χ0) is 18.5. The van der Waals surface area contributed by atoms with Gasteiger partial charge in [-0.3, -0.25) is 0 Å². The third kappa shape index (κ3) is 2.53. The Morgan fingerprint density at radius 3 is 2.73 bits per heavy atom. The lowest BCUT2D eigenvalue weighted by molar-refractivity contribution is 0.212. The number of anilines is 1. The normalized spacial score (nSPS) is 17.2. The molecule has 0 saturated carbocycles. The Bertz CT molecular complexity index is 1040. The molecule has 0 atom stereocenters. The molecule has 4 nitrogen and oxygen atoms in total. The number of halogens is 2. The molecule has 3 aromatic rings. The number of fused-ring (bicyclic) bond motifs is 2. The molecule has 1 aliphatic heterocycles. The van der Waals surface area contributed by atoms with Crippen LogP contribution in [0.3, 0.4) is 0 Å². The molecule has 2 heterocycles. The molecule has 26 heavy (non-hydrogen) atoms. The van der Waals surface area contributed by atoms with Gasteiger partial charge in [-0.1, -0.05) is 23.4 Å². The van der Waals surface area contributed by atoms with E-state index >= 15 is 4.39 Å². The molecule has 0 fully saturated rings. The van der Waals surface area contributed by atoms with E-state index in [0.29, 0.717) is 28.9 Å². The molecule has 0 bridgehead atoms. The third-order valence-electron chi connectivity index (χ3n) is 4.65. The second kappa shape index (κ2) is 5.83. The molecule has 0 unspecified atom stereocenters. The van der Waals surface area contributed by atoms with Crippen molar-refractivity contribution in [2.45, 2.75) is 25.8 Å². The Morgan fingerprint density at radius 1 is 1.15 bits per heavy atom. The molecule has 0 spiro atoms. The Kier molecular flexibility index (Phi) is 3.72. The highest BCUT2D eigenvalue weighted by Crippen LogP contribution is 2.40. The van der Waals surface area contributed by atoms with E-state index in [2.05, 4.69) is 15.5 Å². The molecule has 0 aliphatic carbocycles. The Balaban J connectivity index is 2.01. The Morgan fingerprint density at radius 2 is 1.96 bits per heavy atom. The zero-order valence-electron chi connectivity index (χ0n) is 14.8. The van der Waals surface area contributed by atoms with E-state index in [4.69, 9.17) is 4.84 Å². The molecule has 1 aliphatic rings. The van der Waals surface area contributed by atoms with Crippen LogP contribution in [0, 0.1) is 11.6 Å². The lowest BCUT2D eigenvalue weighted by atomic mass is 9.85. The van der Waals surface area contributed by atoms with Crippen LogP contribution in [-0.4, -0.2) is 23.3 Å². The van der Waals surface area contributed by atoms with Crippen molar-refractivity contribution in [3.63, 3.8) is 0 Å². The van der Waals surface area contributed by atoms with Crippen molar-refractivity contribution in [2.75, 3.05) is 12.4 Å². The summed E-state index contributed by atoms with van der Waals surface area (Å²) in [5, 5.41) is 8.09. The van der Waals surface area contributed by atoms with Crippen molar-refractivity contribution in [2.24, 2.45) is 5.16 Å². The first kappa shape index (κ1) is 16.6. The fourth-order valence-corrected chi connectivity index (χ4v) is 3.64. The van der Waals surface area contributed by atoms with Crippen molar-refractivity contribution in [3.05, 3.63) is 53.7 Å². The second-order valence-corrected chi connectivity index (χ2v) is 7.12. The fraction of sp³-hybridized carbons (Fsp3) is 0.250. The van der Waals surface area contributed by atoms with Crippen molar-refractivity contribution in [3.8, 4) is 11.1 Å². The van der Waals surface area contributed by atoms with Crippen LogP contribution in [0.1, 0.15) is 25.8 Å². The van der Waals surface area contributed by atoms with Gasteiger partial charge in [-0.2, -0.15) is 0 Å². The zero-order valence-corrected chi connectivity index (χ0v) is 14.8. The fourth-order valence-electron chi connectivity index (χ4n) is 3.64. The molecular weight excluding hydrogens is 336 g/mol. The van der Waals surface area contributed by atoms with Gasteiger partial charge < -0.3 is 15.1 Å². The summed E-state index contributed by atoms with van der Waals surface area (Å²) in [5.41, 5.74) is 1.82. The molecule has 2 N–H and O–H groups in total. The van der Waals surface area contributed by atoms with Crippen LogP contribution >= 0.6 is 0 Å². The van der Waals surface area contributed by atoms with Crippen LogP contribution in [0.4, 0.5) is 14.5 Å². The van der Waals surface area contributed by atoms with Gasteiger partial charge >= 0.3 is 0 Å². The lowest BCUT2D eigenvalue weighted by Crippen LogP contribution is -2.39. The number of nitrogens with one attached hydrogen (secondary N) is 2. The third-order valence-corrected chi connectivity index (χ3v) is 4.65. The van der Waals surface area contributed by atoms with Gasteiger partial charge in [-0.15, -0.1) is 0 Å². The Labute approximate surface area is 149 Å². The summed E-state index contributed by atoms with van der Waals surface area (Å²) in [5.74, 6) is -1.26. The highest BCUT2D eigenvalue weighted by Gasteiger charge is 2.34. The first-order valence-corrected chi connectivity index (χ1v) is 8.38. The van der Waals surface area contributed by atoms with Crippen molar-refractivity contribution in [1.82, 2.24) is 4.98 Å². The number of nitrogens with zero attached hydrogens (tertiary/aromatic N) is 1. The van der Waals surface area contributed by atoms with Crippen LogP contribution in [0.15, 0.2) is 41.7 Å². The number of hydrogen-bond acceptors (Lipinski definition) is 3. The maximum absolute atomic E-state index is 15.5. The SMILES string of the molecule is CO/N=C1\CC(C)(C)Nc2cc(F)c(-c3cccc4cc[nH]c34)c(F)c21. The van der Waals surface area contributed by atoms with Crippen LogP contribution < -0.4 is 5.32 Å². The summed E-state index contributed by atoms with van der Waals surface area (Å²) in [6.07, 6.45) is 2.22. The first-order valence-electron chi connectivity index (χ1n) is 8.38. The quantitative estimate of drug-likeness (QED) is 0.632. The van der Waals surface area contributed by atoms with Crippen LogP contribution in [0.5, 0.6) is 0 Å². The highest BCUT2D eigenvalue weighted by molar-refractivity contribution is 6.09. The van der Waals surface area contributed by atoms with Crippen LogP contribution in [-0.2, 0) is 4.84 Å². The molecule has 0 radical (unpaired) electrons. The molecule has 0 amide bonds. The molecule has 4 rings (SSSR count). The molecule has 6 heteroatoms. The van der Waals surface area contributed by atoms with Gasteiger partial charge in [-0.25, -0.2) is 8.78 Å². The number of aromatic nitrogens is 1. The largest absolute Gasteiger partial charge is 0.399 e. The standard InChI is InChI=1S/C20H19F2N3O/c1-20(2)10-15(25-26-3)17-14(24-20)9-13(21)16(18(17)22)12-6-4-5-11-7-8-23-19(11)12/h4-9,23-24H,10H2,1-3H3/b25-15+. The molecule has 1 aromatic heterocycles. The molecule has 134 valence electrons. The van der Waals surface area contributed by atoms with Gasteiger partial charge in [0.2, 0.25) is 0 Å². The maximum atomic E-state index is 15.5. The monoisotopic (exact) mass is 355 g/mol. The number of H-pyrrole nitrogens is 1. The average molecular weight is 355 g/mol. The van der Waals surface area contributed by atoms with Crippen LogP contribution in [0.25, 0.3) is 22.0 Å². The molecule has 2 aromatic carbocycles. The second-order valence-electron chi connectivity index (χ2n) is 7.12. The first-order chi connectivity index (χ1) is 12.4. The summed E-state index contributed by atoms with van der Waals surface area (Å²) in [7, 11) is 1.42. The van der Waals surface area contributed by atoms with E-state index in [1.807, 2.05) is 26.0 Å². The number of aromatic amines is 1. The average Bonchev–Trinajstić information content (AvgIpc) is 3.02. The van der Waals surface area contributed by atoms with Crippen molar-refractivity contribution >= 4 is 22.3 Å². The predicted octanol–water partition coefficient (Wildman–Crippen LogP) is 5.06. The number of hydrogen-bond donors (Lipinski definition) is 2.